The number of amides is 1. The molecular weight excluding hydrogens is 302 g/mol. The van der Waals surface area contributed by atoms with Crippen LogP contribution in [0.4, 0.5) is 5.13 Å². The molecule has 2 rings (SSSR count). The molecule has 0 radical (unpaired) electrons. The lowest BCUT2D eigenvalue weighted by atomic mass is 10.1. The Bertz CT molecular complexity index is 711. The number of methoxy groups -OCH3 is 2. The van der Waals surface area contributed by atoms with E-state index in [4.69, 9.17) is 9.47 Å². The molecule has 2 aromatic rings. The number of aromatic nitrogens is 1. The molecule has 22 heavy (non-hydrogen) atoms. The van der Waals surface area contributed by atoms with Gasteiger partial charge in [-0.1, -0.05) is 0 Å². The largest absolute Gasteiger partial charge is 0.497 e. The van der Waals surface area contributed by atoms with E-state index in [2.05, 4.69) is 10.3 Å². The van der Waals surface area contributed by atoms with Gasteiger partial charge >= 0.3 is 0 Å². The second-order valence-electron chi connectivity index (χ2n) is 4.11. The molecule has 1 N–H and O–H groups in total. The van der Waals surface area contributed by atoms with Crippen LogP contribution >= 0.6 is 11.3 Å². The van der Waals surface area contributed by atoms with Crippen molar-refractivity contribution in [1.29, 1.82) is 5.26 Å². The zero-order valence-electron chi connectivity index (χ0n) is 12.0. The Balaban J connectivity index is 2.28. The quantitative estimate of drug-likeness (QED) is 0.677. The average Bonchev–Trinajstić information content (AvgIpc) is 3.04. The molecule has 0 aliphatic rings. The summed E-state index contributed by atoms with van der Waals surface area (Å²) >= 11 is 1.28. The highest BCUT2D eigenvalue weighted by atomic mass is 32.1. The molecule has 0 atom stereocenters. The number of hydrogen-bond donors (Lipinski definition) is 1. The fourth-order valence-electron chi connectivity index (χ4n) is 1.68. The topological polar surface area (TPSA) is 84.2 Å². The summed E-state index contributed by atoms with van der Waals surface area (Å²) < 4.78 is 10.3. The normalized spacial score (nSPS) is 10.7. The molecule has 0 aliphatic carbocycles. The molecule has 112 valence electrons. The van der Waals surface area contributed by atoms with Crippen LogP contribution in [0.1, 0.15) is 5.56 Å². The number of anilines is 1. The van der Waals surface area contributed by atoms with Gasteiger partial charge in [0, 0.05) is 17.6 Å². The Morgan fingerprint density at radius 1 is 1.32 bits per heavy atom. The highest BCUT2D eigenvalue weighted by Gasteiger charge is 2.11. The van der Waals surface area contributed by atoms with Crippen LogP contribution in [0.3, 0.4) is 0 Å². The number of thiazole rings is 1. The van der Waals surface area contributed by atoms with Crippen LogP contribution in [0, 0.1) is 11.3 Å². The first-order chi connectivity index (χ1) is 10.7. The van der Waals surface area contributed by atoms with Crippen molar-refractivity contribution < 1.29 is 14.3 Å². The number of ether oxygens (including phenoxy) is 2. The molecule has 0 fully saturated rings. The molecule has 1 aromatic carbocycles. The number of benzene rings is 1. The van der Waals surface area contributed by atoms with Crippen molar-refractivity contribution in [2.24, 2.45) is 0 Å². The van der Waals surface area contributed by atoms with Crippen molar-refractivity contribution in [2.45, 2.75) is 0 Å². The summed E-state index contributed by atoms with van der Waals surface area (Å²) in [5, 5.41) is 13.9. The van der Waals surface area contributed by atoms with Crippen LogP contribution in [-0.4, -0.2) is 25.1 Å². The van der Waals surface area contributed by atoms with Crippen molar-refractivity contribution in [3.05, 3.63) is 40.9 Å². The Morgan fingerprint density at radius 3 is 2.50 bits per heavy atom. The summed E-state index contributed by atoms with van der Waals surface area (Å²) in [6.07, 6.45) is 3.04. The van der Waals surface area contributed by atoms with Gasteiger partial charge in [0.05, 0.1) is 14.2 Å². The summed E-state index contributed by atoms with van der Waals surface area (Å²) in [6.45, 7) is 0. The number of carbonyl (C=O) groups excluding carboxylic acids is 1. The van der Waals surface area contributed by atoms with Crippen LogP contribution in [-0.2, 0) is 4.79 Å². The van der Waals surface area contributed by atoms with Crippen molar-refractivity contribution >= 4 is 28.5 Å². The monoisotopic (exact) mass is 315 g/mol. The predicted octanol–water partition coefficient (Wildman–Crippen LogP) is 2.71. The fourth-order valence-corrected chi connectivity index (χ4v) is 2.20. The minimum Gasteiger partial charge on any atom is -0.497 e. The van der Waals surface area contributed by atoms with E-state index in [-0.39, 0.29) is 5.57 Å². The summed E-state index contributed by atoms with van der Waals surface area (Å²) in [4.78, 5) is 16.0. The van der Waals surface area contributed by atoms with Gasteiger partial charge in [-0.2, -0.15) is 5.26 Å². The lowest BCUT2D eigenvalue weighted by Gasteiger charge is -2.06. The van der Waals surface area contributed by atoms with E-state index >= 15 is 0 Å². The standard InChI is InChI=1S/C15H13N3O3S/c1-20-12-6-10(7-13(8-12)21-2)5-11(9-16)14(19)18-15-17-3-4-22-15/h3-8H,1-2H3,(H,17,18,19). The van der Waals surface area contributed by atoms with Gasteiger partial charge in [0.1, 0.15) is 23.1 Å². The first-order valence-electron chi connectivity index (χ1n) is 6.22. The number of nitrogens with one attached hydrogen (secondary N) is 1. The second kappa shape index (κ2) is 7.24. The Morgan fingerprint density at radius 2 is 2.00 bits per heavy atom. The van der Waals surface area contributed by atoms with Crippen molar-refractivity contribution in [2.75, 3.05) is 19.5 Å². The van der Waals surface area contributed by atoms with E-state index in [9.17, 15) is 10.1 Å². The SMILES string of the molecule is COc1cc(C=C(C#N)C(=O)Nc2nccs2)cc(OC)c1. The summed E-state index contributed by atoms with van der Waals surface area (Å²) in [6, 6.07) is 7.00. The number of rotatable bonds is 5. The first-order valence-corrected chi connectivity index (χ1v) is 7.10. The molecule has 7 heteroatoms. The molecule has 0 saturated heterocycles. The van der Waals surface area contributed by atoms with Gasteiger partial charge in [-0.3, -0.25) is 10.1 Å². The highest BCUT2D eigenvalue weighted by molar-refractivity contribution is 7.13. The Labute approximate surface area is 131 Å². The van der Waals surface area contributed by atoms with Crippen LogP contribution in [0.25, 0.3) is 6.08 Å². The zero-order chi connectivity index (χ0) is 15.9. The maximum Gasteiger partial charge on any atom is 0.268 e. The van der Waals surface area contributed by atoms with E-state index in [0.717, 1.165) is 0 Å². The summed E-state index contributed by atoms with van der Waals surface area (Å²) in [5.41, 5.74) is 0.590. The Hall–Kier alpha value is -2.85. The third kappa shape index (κ3) is 3.84. The predicted molar refractivity (Wildman–Crippen MR) is 83.9 cm³/mol. The maximum absolute atomic E-state index is 12.1. The minimum atomic E-state index is -0.515. The average molecular weight is 315 g/mol. The van der Waals surface area contributed by atoms with E-state index < -0.39 is 5.91 Å². The second-order valence-corrected chi connectivity index (χ2v) is 5.00. The number of carbonyl (C=O) groups is 1. The van der Waals surface area contributed by atoms with Crippen LogP contribution in [0.5, 0.6) is 11.5 Å². The molecule has 1 aromatic heterocycles. The van der Waals surface area contributed by atoms with Gasteiger partial charge in [0.15, 0.2) is 5.13 Å². The van der Waals surface area contributed by atoms with Gasteiger partial charge < -0.3 is 9.47 Å². The van der Waals surface area contributed by atoms with Crippen molar-refractivity contribution in [1.82, 2.24) is 4.98 Å². The van der Waals surface area contributed by atoms with Gasteiger partial charge in [0.2, 0.25) is 0 Å². The molecule has 0 unspecified atom stereocenters. The molecule has 1 heterocycles. The van der Waals surface area contributed by atoms with Crippen molar-refractivity contribution in [3.63, 3.8) is 0 Å². The minimum absolute atomic E-state index is 0.0366. The molecule has 0 spiro atoms. The summed E-state index contributed by atoms with van der Waals surface area (Å²) in [5.74, 6) is 0.630. The molecule has 0 saturated carbocycles. The molecule has 0 aliphatic heterocycles. The van der Waals surface area contributed by atoms with E-state index in [1.54, 1.807) is 29.8 Å². The number of nitriles is 1. The van der Waals surface area contributed by atoms with Gasteiger partial charge in [-0.15, -0.1) is 11.3 Å². The third-order valence-corrected chi connectivity index (χ3v) is 3.39. The first kappa shape index (κ1) is 15.5. The molecule has 1 amide bonds. The van der Waals surface area contributed by atoms with Crippen LogP contribution < -0.4 is 14.8 Å². The van der Waals surface area contributed by atoms with E-state index in [1.165, 1.54) is 31.6 Å². The van der Waals surface area contributed by atoms with Gasteiger partial charge in [0.25, 0.3) is 5.91 Å². The lowest BCUT2D eigenvalue weighted by Crippen LogP contribution is -2.13. The third-order valence-electron chi connectivity index (χ3n) is 2.70. The van der Waals surface area contributed by atoms with Crippen LogP contribution in [0.15, 0.2) is 35.3 Å². The van der Waals surface area contributed by atoms with Crippen molar-refractivity contribution in [3.8, 4) is 17.6 Å². The van der Waals surface area contributed by atoms with Crippen LogP contribution in [0.2, 0.25) is 0 Å². The lowest BCUT2D eigenvalue weighted by molar-refractivity contribution is -0.112. The van der Waals surface area contributed by atoms with Gasteiger partial charge in [-0.25, -0.2) is 4.98 Å². The maximum atomic E-state index is 12.1. The van der Waals surface area contributed by atoms with Gasteiger partial charge in [-0.05, 0) is 23.8 Å². The smallest absolute Gasteiger partial charge is 0.268 e. The highest BCUT2D eigenvalue weighted by Crippen LogP contribution is 2.24. The molecule has 6 nitrogen and oxygen atoms in total. The number of hydrogen-bond acceptors (Lipinski definition) is 6. The molecular formula is C15H13N3O3S. The Kier molecular flexibility index (Phi) is 5.11. The molecule has 0 bridgehead atoms. The zero-order valence-corrected chi connectivity index (χ0v) is 12.8. The fraction of sp³-hybridized carbons (Fsp3) is 0.133. The number of nitrogens with zero attached hydrogens (tertiary/aromatic N) is 2. The van der Waals surface area contributed by atoms with E-state index in [1.807, 2.05) is 6.07 Å². The summed E-state index contributed by atoms with van der Waals surface area (Å²) in [7, 11) is 3.06. The van der Waals surface area contributed by atoms with E-state index in [0.29, 0.717) is 22.2 Å².